The maximum absolute atomic E-state index is 13.2. The number of hydrogen-bond acceptors (Lipinski definition) is 2. The Morgan fingerprint density at radius 2 is 2.19 bits per heavy atom. The minimum Gasteiger partial charge on any atom is -0.322 e. The van der Waals surface area contributed by atoms with Crippen molar-refractivity contribution in [3.63, 3.8) is 0 Å². The average molecular weight is 235 g/mol. The second kappa shape index (κ2) is 4.45. The molecule has 1 aromatic heterocycles. The smallest absolute Gasteiger partial charge is 0.256 e. The normalized spacial score (nSPS) is 10.1. The molecule has 0 aliphatic carbocycles. The summed E-state index contributed by atoms with van der Waals surface area (Å²) >= 11 is 1.45. The van der Waals surface area contributed by atoms with Crippen LogP contribution in [0.25, 0.3) is 0 Å². The van der Waals surface area contributed by atoms with Crippen LogP contribution in [-0.2, 0) is 0 Å². The van der Waals surface area contributed by atoms with Gasteiger partial charge in [-0.2, -0.15) is 11.3 Å². The molecule has 0 saturated heterocycles. The van der Waals surface area contributed by atoms with Gasteiger partial charge in [-0.1, -0.05) is 6.07 Å². The number of halogens is 1. The van der Waals surface area contributed by atoms with Crippen LogP contribution in [0.15, 0.2) is 35.0 Å². The molecule has 0 saturated carbocycles. The van der Waals surface area contributed by atoms with Gasteiger partial charge in [0.05, 0.1) is 5.56 Å². The lowest BCUT2D eigenvalue weighted by atomic mass is 10.2. The molecule has 0 aliphatic rings. The number of thiophene rings is 1. The number of benzene rings is 1. The van der Waals surface area contributed by atoms with E-state index in [1.807, 2.05) is 5.38 Å². The van der Waals surface area contributed by atoms with Gasteiger partial charge >= 0.3 is 0 Å². The van der Waals surface area contributed by atoms with Gasteiger partial charge in [-0.05, 0) is 36.1 Å². The molecule has 82 valence electrons. The van der Waals surface area contributed by atoms with E-state index in [1.165, 1.54) is 17.4 Å². The zero-order valence-electron chi connectivity index (χ0n) is 8.66. The van der Waals surface area contributed by atoms with Gasteiger partial charge in [0, 0.05) is 11.1 Å². The van der Waals surface area contributed by atoms with Crippen molar-refractivity contribution in [2.75, 3.05) is 5.32 Å². The van der Waals surface area contributed by atoms with E-state index in [-0.39, 0.29) is 11.7 Å². The topological polar surface area (TPSA) is 29.1 Å². The highest BCUT2D eigenvalue weighted by Gasteiger charge is 2.07. The van der Waals surface area contributed by atoms with Crippen LogP contribution in [0, 0.1) is 12.7 Å². The summed E-state index contributed by atoms with van der Waals surface area (Å²) in [5, 5.41) is 6.21. The van der Waals surface area contributed by atoms with Crippen molar-refractivity contribution in [3.05, 3.63) is 52.0 Å². The largest absolute Gasteiger partial charge is 0.322 e. The molecule has 1 heterocycles. The monoisotopic (exact) mass is 235 g/mol. The van der Waals surface area contributed by atoms with Crippen molar-refractivity contribution in [1.82, 2.24) is 0 Å². The summed E-state index contributed by atoms with van der Waals surface area (Å²) in [6.07, 6.45) is 0. The molecule has 1 N–H and O–H groups in total. The second-order valence-electron chi connectivity index (χ2n) is 3.43. The van der Waals surface area contributed by atoms with Crippen molar-refractivity contribution < 1.29 is 9.18 Å². The summed E-state index contributed by atoms with van der Waals surface area (Å²) < 4.78 is 13.2. The Morgan fingerprint density at radius 3 is 2.81 bits per heavy atom. The van der Waals surface area contributed by atoms with Crippen LogP contribution in [0.5, 0.6) is 0 Å². The van der Waals surface area contributed by atoms with Crippen molar-refractivity contribution in [1.29, 1.82) is 0 Å². The van der Waals surface area contributed by atoms with Gasteiger partial charge in [0.25, 0.3) is 5.91 Å². The Bertz CT molecular complexity index is 508. The lowest BCUT2D eigenvalue weighted by Gasteiger charge is -2.04. The number of amides is 1. The lowest BCUT2D eigenvalue weighted by molar-refractivity contribution is 0.102. The standard InChI is InChI=1S/C12H10FNOS/c1-8-2-3-10(6-11(8)13)14-12(15)9-4-5-16-7-9/h2-7H,1H3,(H,14,15). The molecule has 0 unspecified atom stereocenters. The maximum Gasteiger partial charge on any atom is 0.256 e. The molecule has 0 fully saturated rings. The van der Waals surface area contributed by atoms with Gasteiger partial charge in [0.2, 0.25) is 0 Å². The van der Waals surface area contributed by atoms with Crippen LogP contribution in [0.3, 0.4) is 0 Å². The predicted molar refractivity (Wildman–Crippen MR) is 63.4 cm³/mol. The van der Waals surface area contributed by atoms with Gasteiger partial charge in [-0.3, -0.25) is 4.79 Å². The molecular weight excluding hydrogens is 225 g/mol. The molecule has 2 nitrogen and oxygen atoms in total. The molecule has 0 atom stereocenters. The number of aryl methyl sites for hydroxylation is 1. The fourth-order valence-corrected chi connectivity index (χ4v) is 1.90. The first-order valence-corrected chi connectivity index (χ1v) is 5.71. The third-order valence-electron chi connectivity index (χ3n) is 2.21. The second-order valence-corrected chi connectivity index (χ2v) is 4.21. The summed E-state index contributed by atoms with van der Waals surface area (Å²) in [5.41, 5.74) is 1.62. The van der Waals surface area contributed by atoms with E-state index in [2.05, 4.69) is 5.32 Å². The number of nitrogens with one attached hydrogen (secondary N) is 1. The van der Waals surface area contributed by atoms with Crippen LogP contribution < -0.4 is 5.32 Å². The van der Waals surface area contributed by atoms with Crippen molar-refractivity contribution in [2.24, 2.45) is 0 Å². The molecule has 0 bridgehead atoms. The fourth-order valence-electron chi connectivity index (χ4n) is 1.27. The van der Waals surface area contributed by atoms with E-state index in [4.69, 9.17) is 0 Å². The van der Waals surface area contributed by atoms with E-state index in [0.29, 0.717) is 16.8 Å². The first-order chi connectivity index (χ1) is 7.66. The van der Waals surface area contributed by atoms with Crippen LogP contribution in [0.2, 0.25) is 0 Å². The first-order valence-electron chi connectivity index (χ1n) is 4.76. The van der Waals surface area contributed by atoms with E-state index in [1.54, 1.807) is 30.5 Å². The van der Waals surface area contributed by atoms with Gasteiger partial charge in [-0.15, -0.1) is 0 Å². The molecule has 4 heteroatoms. The Kier molecular flexibility index (Phi) is 3.01. The lowest BCUT2D eigenvalue weighted by Crippen LogP contribution is -2.10. The average Bonchev–Trinajstić information content (AvgIpc) is 2.77. The minimum atomic E-state index is -0.317. The van der Waals surface area contributed by atoms with Crippen LogP contribution in [0.1, 0.15) is 15.9 Å². The number of rotatable bonds is 2. The number of carbonyl (C=O) groups is 1. The Morgan fingerprint density at radius 1 is 1.38 bits per heavy atom. The summed E-state index contributed by atoms with van der Waals surface area (Å²) in [6.45, 7) is 1.68. The molecule has 2 rings (SSSR count). The van der Waals surface area contributed by atoms with E-state index in [9.17, 15) is 9.18 Å². The number of carbonyl (C=O) groups excluding carboxylic acids is 1. The predicted octanol–water partition coefficient (Wildman–Crippen LogP) is 3.45. The molecule has 0 aliphatic heterocycles. The molecule has 0 spiro atoms. The van der Waals surface area contributed by atoms with Gasteiger partial charge in [0.1, 0.15) is 5.82 Å². The molecule has 2 aromatic rings. The molecule has 1 amide bonds. The van der Waals surface area contributed by atoms with Crippen molar-refractivity contribution in [2.45, 2.75) is 6.92 Å². The Hall–Kier alpha value is -1.68. The zero-order valence-corrected chi connectivity index (χ0v) is 9.48. The number of anilines is 1. The summed E-state index contributed by atoms with van der Waals surface area (Å²) in [7, 11) is 0. The van der Waals surface area contributed by atoms with Crippen LogP contribution in [0.4, 0.5) is 10.1 Å². The maximum atomic E-state index is 13.2. The van der Waals surface area contributed by atoms with Gasteiger partial charge < -0.3 is 5.32 Å². The van der Waals surface area contributed by atoms with Gasteiger partial charge in [-0.25, -0.2) is 4.39 Å². The third kappa shape index (κ3) is 2.28. The minimum absolute atomic E-state index is 0.218. The highest BCUT2D eigenvalue weighted by Crippen LogP contribution is 2.15. The van der Waals surface area contributed by atoms with Crippen molar-refractivity contribution in [3.8, 4) is 0 Å². The zero-order chi connectivity index (χ0) is 11.5. The third-order valence-corrected chi connectivity index (χ3v) is 2.90. The first kappa shape index (κ1) is 10.8. The molecule has 0 radical (unpaired) electrons. The van der Waals surface area contributed by atoms with Crippen LogP contribution >= 0.6 is 11.3 Å². The molecule has 16 heavy (non-hydrogen) atoms. The summed E-state index contributed by atoms with van der Waals surface area (Å²) in [5.74, 6) is -0.535. The Labute approximate surface area is 96.7 Å². The number of hydrogen-bond donors (Lipinski definition) is 1. The summed E-state index contributed by atoms with van der Waals surface area (Å²) in [4.78, 5) is 11.6. The van der Waals surface area contributed by atoms with E-state index < -0.39 is 0 Å². The van der Waals surface area contributed by atoms with E-state index in [0.717, 1.165) is 0 Å². The highest BCUT2D eigenvalue weighted by atomic mass is 32.1. The van der Waals surface area contributed by atoms with Crippen molar-refractivity contribution >= 4 is 22.9 Å². The fraction of sp³-hybridized carbons (Fsp3) is 0.0833. The van der Waals surface area contributed by atoms with E-state index >= 15 is 0 Å². The SMILES string of the molecule is Cc1ccc(NC(=O)c2ccsc2)cc1F. The summed E-state index contributed by atoms with van der Waals surface area (Å²) in [6, 6.07) is 6.37. The Balaban J connectivity index is 2.15. The quantitative estimate of drug-likeness (QED) is 0.848. The molecule has 1 aromatic carbocycles. The highest BCUT2D eigenvalue weighted by molar-refractivity contribution is 7.08. The van der Waals surface area contributed by atoms with Gasteiger partial charge in [0.15, 0.2) is 0 Å². The van der Waals surface area contributed by atoms with Crippen LogP contribution in [-0.4, -0.2) is 5.91 Å². The molecular formula is C12H10FNOS.